The molecule has 0 unspecified atom stereocenters. The minimum atomic E-state index is -0.281. The van der Waals surface area contributed by atoms with Gasteiger partial charge >= 0.3 is 0 Å². The Balaban J connectivity index is 2.42. The van der Waals surface area contributed by atoms with Crippen LogP contribution in [-0.2, 0) is 9.59 Å². The average molecular weight is 309 g/mol. The number of carbonyl (C=O) groups excluding carboxylic acids is 2. The summed E-state index contributed by atoms with van der Waals surface area (Å²) in [6, 6.07) is 7.17. The molecule has 0 saturated carbocycles. The Hall–Kier alpha value is -1.55. The maximum atomic E-state index is 12.4. The maximum Gasteiger partial charge on any atom is 0.225 e. The van der Waals surface area contributed by atoms with Gasteiger partial charge in [0.05, 0.1) is 12.0 Å². The summed E-state index contributed by atoms with van der Waals surface area (Å²) < 4.78 is 0. The first-order chi connectivity index (χ1) is 10.1. The van der Waals surface area contributed by atoms with E-state index in [1.54, 1.807) is 11.0 Å². The maximum absolute atomic E-state index is 12.4. The van der Waals surface area contributed by atoms with Crippen LogP contribution in [0.2, 0.25) is 5.02 Å². The molecule has 0 bridgehead atoms. The third kappa shape index (κ3) is 3.21. The van der Waals surface area contributed by atoms with Crippen molar-refractivity contribution in [3.8, 4) is 0 Å². The Bertz CT molecular complexity index is 533. The Morgan fingerprint density at radius 2 is 2.10 bits per heavy atom. The molecule has 1 aliphatic heterocycles. The number of rotatable bonds is 4. The van der Waals surface area contributed by atoms with Gasteiger partial charge in [-0.05, 0) is 31.9 Å². The fraction of sp³-hybridized carbons (Fsp3) is 0.500. The fourth-order valence-electron chi connectivity index (χ4n) is 3.01. The Morgan fingerprint density at radius 1 is 1.38 bits per heavy atom. The lowest BCUT2D eigenvalue weighted by atomic mass is 9.83. The van der Waals surface area contributed by atoms with Crippen molar-refractivity contribution >= 4 is 23.4 Å². The molecule has 1 heterocycles. The predicted octanol–water partition coefficient (Wildman–Crippen LogP) is 2.78. The van der Waals surface area contributed by atoms with Gasteiger partial charge in [0.15, 0.2) is 0 Å². The second-order valence-electron chi connectivity index (χ2n) is 5.19. The molecule has 4 nitrogen and oxygen atoms in total. The number of nitrogens with one attached hydrogen (secondary N) is 1. The van der Waals surface area contributed by atoms with Crippen molar-refractivity contribution in [2.45, 2.75) is 32.7 Å². The molecule has 114 valence electrons. The zero-order valence-electron chi connectivity index (χ0n) is 12.4. The first-order valence-corrected chi connectivity index (χ1v) is 7.79. The van der Waals surface area contributed by atoms with Crippen LogP contribution in [0.15, 0.2) is 24.3 Å². The molecule has 2 amide bonds. The third-order valence-corrected chi connectivity index (χ3v) is 4.30. The van der Waals surface area contributed by atoms with E-state index in [0.717, 1.165) is 5.56 Å². The summed E-state index contributed by atoms with van der Waals surface area (Å²) in [5, 5.41) is 3.48. The molecular weight excluding hydrogens is 288 g/mol. The number of nitrogens with zero attached hydrogens (tertiary/aromatic N) is 1. The van der Waals surface area contributed by atoms with Gasteiger partial charge in [0.2, 0.25) is 11.8 Å². The van der Waals surface area contributed by atoms with Crippen LogP contribution in [0.3, 0.4) is 0 Å². The van der Waals surface area contributed by atoms with E-state index in [1.165, 1.54) is 0 Å². The molecule has 2 rings (SSSR count). The first-order valence-electron chi connectivity index (χ1n) is 7.41. The standard InChI is InChI=1S/C16H21ClN2O2/c1-3-18-16(21)12-9-10-14(20)19(4-2)15(12)11-7-5-6-8-13(11)17/h5-8,12,15H,3-4,9-10H2,1-2H3,(H,18,21)/t12-,15+/m1/s1. The van der Waals surface area contributed by atoms with Crippen LogP contribution in [0.5, 0.6) is 0 Å². The summed E-state index contributed by atoms with van der Waals surface area (Å²) in [7, 11) is 0. The normalized spacial score (nSPS) is 22.2. The number of benzene rings is 1. The van der Waals surface area contributed by atoms with Crippen LogP contribution < -0.4 is 5.32 Å². The van der Waals surface area contributed by atoms with E-state index >= 15 is 0 Å². The number of halogens is 1. The summed E-state index contributed by atoms with van der Waals surface area (Å²) in [6.45, 7) is 4.99. The molecular formula is C16H21ClN2O2. The fourth-order valence-corrected chi connectivity index (χ4v) is 3.25. The van der Waals surface area contributed by atoms with E-state index in [2.05, 4.69) is 5.32 Å². The van der Waals surface area contributed by atoms with E-state index < -0.39 is 0 Å². The summed E-state index contributed by atoms with van der Waals surface area (Å²) in [5.41, 5.74) is 0.852. The van der Waals surface area contributed by atoms with E-state index in [4.69, 9.17) is 11.6 Å². The molecule has 1 aromatic carbocycles. The lowest BCUT2D eigenvalue weighted by Crippen LogP contribution is -2.48. The molecule has 1 N–H and O–H groups in total. The molecule has 2 atom stereocenters. The van der Waals surface area contributed by atoms with Crippen LogP contribution in [0.1, 0.15) is 38.3 Å². The molecule has 0 spiro atoms. The van der Waals surface area contributed by atoms with Crippen molar-refractivity contribution in [3.05, 3.63) is 34.9 Å². The van der Waals surface area contributed by atoms with Gasteiger partial charge in [-0.15, -0.1) is 0 Å². The minimum absolute atomic E-state index is 0.00614. The number of likely N-dealkylation sites (tertiary alicyclic amines) is 1. The lowest BCUT2D eigenvalue weighted by Gasteiger charge is -2.40. The Labute approximate surface area is 130 Å². The van der Waals surface area contributed by atoms with Crippen molar-refractivity contribution in [2.24, 2.45) is 5.92 Å². The van der Waals surface area contributed by atoms with Crippen LogP contribution in [0.4, 0.5) is 0 Å². The van der Waals surface area contributed by atoms with Crippen molar-refractivity contribution in [3.63, 3.8) is 0 Å². The van der Waals surface area contributed by atoms with Gasteiger partial charge in [-0.1, -0.05) is 29.8 Å². The second kappa shape index (κ2) is 6.94. The second-order valence-corrected chi connectivity index (χ2v) is 5.59. The highest BCUT2D eigenvalue weighted by Crippen LogP contribution is 2.39. The molecule has 21 heavy (non-hydrogen) atoms. The molecule has 1 saturated heterocycles. The van der Waals surface area contributed by atoms with Gasteiger partial charge in [0.25, 0.3) is 0 Å². The largest absolute Gasteiger partial charge is 0.356 e. The van der Waals surface area contributed by atoms with Crippen LogP contribution in [-0.4, -0.2) is 29.8 Å². The summed E-state index contributed by atoms with van der Waals surface area (Å²) in [6.07, 6.45) is 0.980. The van der Waals surface area contributed by atoms with E-state index in [1.807, 2.05) is 32.0 Å². The van der Waals surface area contributed by atoms with Crippen LogP contribution >= 0.6 is 11.6 Å². The van der Waals surface area contributed by atoms with Crippen molar-refractivity contribution < 1.29 is 9.59 Å². The molecule has 1 aliphatic rings. The number of amides is 2. The summed E-state index contributed by atoms with van der Waals surface area (Å²) in [4.78, 5) is 26.3. The quantitative estimate of drug-likeness (QED) is 0.930. The number of piperidine rings is 1. The van der Waals surface area contributed by atoms with Gasteiger partial charge < -0.3 is 10.2 Å². The van der Waals surface area contributed by atoms with Gasteiger partial charge in [-0.3, -0.25) is 9.59 Å². The van der Waals surface area contributed by atoms with Crippen molar-refractivity contribution in [1.82, 2.24) is 10.2 Å². The van der Waals surface area contributed by atoms with E-state index in [0.29, 0.717) is 31.0 Å². The molecule has 1 aromatic rings. The Kier molecular flexibility index (Phi) is 5.23. The molecule has 0 aromatic heterocycles. The van der Waals surface area contributed by atoms with Crippen LogP contribution in [0.25, 0.3) is 0 Å². The zero-order valence-corrected chi connectivity index (χ0v) is 13.2. The van der Waals surface area contributed by atoms with Crippen molar-refractivity contribution in [2.75, 3.05) is 13.1 Å². The minimum Gasteiger partial charge on any atom is -0.356 e. The SMILES string of the molecule is CCNC(=O)[C@@H]1CCC(=O)N(CC)[C@H]1c1ccccc1Cl. The number of hydrogen-bond donors (Lipinski definition) is 1. The molecule has 0 radical (unpaired) electrons. The van der Waals surface area contributed by atoms with Gasteiger partial charge in [0, 0.05) is 24.5 Å². The van der Waals surface area contributed by atoms with Gasteiger partial charge in [-0.2, -0.15) is 0 Å². The monoisotopic (exact) mass is 308 g/mol. The smallest absolute Gasteiger partial charge is 0.225 e. The Morgan fingerprint density at radius 3 is 2.71 bits per heavy atom. The zero-order chi connectivity index (χ0) is 15.4. The van der Waals surface area contributed by atoms with Gasteiger partial charge in [0.1, 0.15) is 0 Å². The highest BCUT2D eigenvalue weighted by Gasteiger charge is 2.40. The van der Waals surface area contributed by atoms with Gasteiger partial charge in [-0.25, -0.2) is 0 Å². The summed E-state index contributed by atoms with van der Waals surface area (Å²) in [5.74, 6) is -0.168. The lowest BCUT2D eigenvalue weighted by molar-refractivity contribution is -0.143. The third-order valence-electron chi connectivity index (χ3n) is 3.96. The van der Waals surface area contributed by atoms with Crippen LogP contribution in [0, 0.1) is 5.92 Å². The van der Waals surface area contributed by atoms with Crippen molar-refractivity contribution in [1.29, 1.82) is 0 Å². The topological polar surface area (TPSA) is 49.4 Å². The summed E-state index contributed by atoms with van der Waals surface area (Å²) >= 11 is 6.30. The number of carbonyl (C=O) groups is 2. The highest BCUT2D eigenvalue weighted by atomic mass is 35.5. The highest BCUT2D eigenvalue weighted by molar-refractivity contribution is 6.31. The average Bonchev–Trinajstić information content (AvgIpc) is 2.47. The molecule has 0 aliphatic carbocycles. The first kappa shape index (κ1) is 15.8. The molecule has 1 fully saturated rings. The predicted molar refractivity (Wildman–Crippen MR) is 83.0 cm³/mol. The molecule has 5 heteroatoms. The number of hydrogen-bond acceptors (Lipinski definition) is 2. The van der Waals surface area contributed by atoms with E-state index in [-0.39, 0.29) is 23.8 Å². The van der Waals surface area contributed by atoms with E-state index in [9.17, 15) is 9.59 Å².